The highest BCUT2D eigenvalue weighted by atomic mass is 35.5. The topological polar surface area (TPSA) is 135 Å². The molecule has 0 aliphatic heterocycles. The SMILES string of the molecule is CCOC(=O)CO/N=C(\N)C(Cc1ccc(C(C)O)cc1)NC(=O)Nc1ccc(Cl)cc1. The van der Waals surface area contributed by atoms with Crippen molar-refractivity contribution in [2.75, 3.05) is 18.5 Å². The van der Waals surface area contributed by atoms with E-state index in [9.17, 15) is 14.7 Å². The van der Waals surface area contributed by atoms with Gasteiger partial charge in [-0.15, -0.1) is 0 Å². The summed E-state index contributed by atoms with van der Waals surface area (Å²) in [6.07, 6.45) is -0.294. The van der Waals surface area contributed by atoms with Crippen LogP contribution in [0.4, 0.5) is 10.5 Å². The van der Waals surface area contributed by atoms with Crippen molar-refractivity contribution in [2.45, 2.75) is 32.4 Å². The van der Waals surface area contributed by atoms with Gasteiger partial charge in [-0.3, -0.25) is 0 Å². The summed E-state index contributed by atoms with van der Waals surface area (Å²) in [4.78, 5) is 28.9. The summed E-state index contributed by atoms with van der Waals surface area (Å²) in [7, 11) is 0. The van der Waals surface area contributed by atoms with Crippen molar-refractivity contribution >= 4 is 35.1 Å². The molecule has 0 saturated heterocycles. The van der Waals surface area contributed by atoms with Crippen molar-refractivity contribution in [3.63, 3.8) is 0 Å². The van der Waals surface area contributed by atoms with Gasteiger partial charge in [-0.25, -0.2) is 9.59 Å². The standard InChI is InChI=1S/C22H27ClN4O5/c1-3-31-20(29)13-32-27-21(24)19(12-15-4-6-16(7-5-15)14(2)28)26-22(30)25-18-10-8-17(23)9-11-18/h4-11,14,19,28H,3,12-13H2,1-2H3,(H2,24,27)(H2,25,26,30). The van der Waals surface area contributed by atoms with E-state index >= 15 is 0 Å². The van der Waals surface area contributed by atoms with Crippen molar-refractivity contribution in [3.8, 4) is 0 Å². The number of nitrogens with one attached hydrogen (secondary N) is 2. The molecule has 2 amide bonds. The summed E-state index contributed by atoms with van der Waals surface area (Å²) in [6.45, 7) is 3.17. The monoisotopic (exact) mass is 462 g/mol. The highest BCUT2D eigenvalue weighted by Gasteiger charge is 2.19. The Labute approximate surface area is 191 Å². The molecule has 0 spiro atoms. The summed E-state index contributed by atoms with van der Waals surface area (Å²) >= 11 is 5.86. The first kappa shape index (κ1) is 25.0. The molecule has 10 heteroatoms. The van der Waals surface area contributed by atoms with E-state index in [1.54, 1.807) is 50.2 Å². The van der Waals surface area contributed by atoms with Crippen LogP contribution >= 0.6 is 11.6 Å². The number of amidine groups is 1. The summed E-state index contributed by atoms with van der Waals surface area (Å²) in [5, 5.41) is 19.4. The van der Waals surface area contributed by atoms with Crippen LogP contribution in [0.15, 0.2) is 53.7 Å². The number of oxime groups is 1. The lowest BCUT2D eigenvalue weighted by atomic mass is 10.0. The molecule has 2 unspecified atom stereocenters. The molecule has 172 valence electrons. The molecule has 2 aromatic rings. The van der Waals surface area contributed by atoms with Gasteiger partial charge in [0, 0.05) is 17.1 Å². The van der Waals surface area contributed by atoms with Gasteiger partial charge in [-0.2, -0.15) is 0 Å². The Morgan fingerprint density at radius 1 is 1.16 bits per heavy atom. The molecule has 0 fully saturated rings. The second-order valence-corrected chi connectivity index (χ2v) is 7.31. The molecular formula is C22H27ClN4O5. The minimum atomic E-state index is -0.734. The fourth-order valence-corrected chi connectivity index (χ4v) is 2.81. The number of carbonyl (C=O) groups is 2. The van der Waals surface area contributed by atoms with Crippen molar-refractivity contribution < 1.29 is 24.3 Å². The first-order valence-electron chi connectivity index (χ1n) is 9.99. The minimum absolute atomic E-state index is 0.0276. The average Bonchev–Trinajstić information content (AvgIpc) is 2.75. The molecule has 0 aliphatic carbocycles. The number of esters is 1. The number of urea groups is 1. The largest absolute Gasteiger partial charge is 0.463 e. The first-order valence-corrected chi connectivity index (χ1v) is 10.4. The lowest BCUT2D eigenvalue weighted by molar-refractivity contribution is -0.148. The highest BCUT2D eigenvalue weighted by molar-refractivity contribution is 6.30. The predicted octanol–water partition coefficient (Wildman–Crippen LogP) is 2.98. The molecule has 2 atom stereocenters. The maximum atomic E-state index is 12.5. The Balaban J connectivity index is 2.10. The maximum Gasteiger partial charge on any atom is 0.347 e. The second-order valence-electron chi connectivity index (χ2n) is 6.87. The van der Waals surface area contributed by atoms with E-state index < -0.39 is 30.8 Å². The normalized spacial score (nSPS) is 13.1. The molecule has 5 N–H and O–H groups in total. The van der Waals surface area contributed by atoms with Crippen molar-refractivity contribution in [1.29, 1.82) is 0 Å². The predicted molar refractivity (Wildman–Crippen MR) is 122 cm³/mol. The Morgan fingerprint density at radius 2 is 1.81 bits per heavy atom. The van der Waals surface area contributed by atoms with Gasteiger partial charge in [0.2, 0.25) is 6.61 Å². The molecule has 0 radical (unpaired) electrons. The summed E-state index contributed by atoms with van der Waals surface area (Å²) in [5.74, 6) is -0.608. The zero-order valence-corrected chi connectivity index (χ0v) is 18.6. The van der Waals surface area contributed by atoms with Crippen LogP contribution in [-0.4, -0.2) is 42.2 Å². The Hall–Kier alpha value is -3.30. The minimum Gasteiger partial charge on any atom is -0.463 e. The molecule has 2 rings (SSSR count). The van der Waals surface area contributed by atoms with E-state index in [4.69, 9.17) is 26.9 Å². The van der Waals surface area contributed by atoms with Crippen LogP contribution in [0.25, 0.3) is 0 Å². The third kappa shape index (κ3) is 8.44. The number of benzene rings is 2. The van der Waals surface area contributed by atoms with Crippen LogP contribution in [-0.2, 0) is 20.8 Å². The molecule has 0 saturated carbocycles. The number of aliphatic hydroxyl groups excluding tert-OH is 1. The number of hydrogen-bond acceptors (Lipinski definition) is 6. The number of rotatable bonds is 10. The summed E-state index contributed by atoms with van der Waals surface area (Å²) in [6, 6.07) is 12.6. The molecule has 32 heavy (non-hydrogen) atoms. The van der Waals surface area contributed by atoms with Crippen LogP contribution in [0, 0.1) is 0 Å². The van der Waals surface area contributed by atoms with Gasteiger partial charge >= 0.3 is 12.0 Å². The fourth-order valence-electron chi connectivity index (χ4n) is 2.68. The number of hydrogen-bond donors (Lipinski definition) is 4. The first-order chi connectivity index (χ1) is 15.3. The van der Waals surface area contributed by atoms with E-state index in [-0.39, 0.29) is 12.4 Å². The van der Waals surface area contributed by atoms with Crippen LogP contribution in [0.1, 0.15) is 31.1 Å². The Bertz CT molecular complexity index is 917. The van der Waals surface area contributed by atoms with E-state index in [2.05, 4.69) is 15.8 Å². The van der Waals surface area contributed by atoms with Gasteiger partial charge in [-0.1, -0.05) is 41.0 Å². The Morgan fingerprint density at radius 3 is 2.41 bits per heavy atom. The smallest absolute Gasteiger partial charge is 0.347 e. The van der Waals surface area contributed by atoms with Gasteiger partial charge in [0.05, 0.1) is 18.8 Å². The van der Waals surface area contributed by atoms with Crippen molar-refractivity contribution in [3.05, 3.63) is 64.7 Å². The number of ether oxygens (including phenoxy) is 1. The number of aliphatic hydroxyl groups is 1. The van der Waals surface area contributed by atoms with E-state index in [0.717, 1.165) is 11.1 Å². The quantitative estimate of drug-likeness (QED) is 0.185. The lowest BCUT2D eigenvalue weighted by Crippen LogP contribution is -2.47. The number of carbonyl (C=O) groups excluding carboxylic acids is 2. The molecule has 2 aromatic carbocycles. The van der Waals surface area contributed by atoms with Crippen LogP contribution in [0.5, 0.6) is 0 Å². The maximum absolute atomic E-state index is 12.5. The average molecular weight is 463 g/mol. The summed E-state index contributed by atoms with van der Waals surface area (Å²) < 4.78 is 4.77. The molecule has 9 nitrogen and oxygen atoms in total. The molecule has 0 aromatic heterocycles. The Kier molecular flexibility index (Phi) is 9.77. The van der Waals surface area contributed by atoms with E-state index in [1.165, 1.54) is 0 Å². The molecule has 0 bridgehead atoms. The third-order valence-corrected chi connectivity index (χ3v) is 4.58. The number of anilines is 1. The van der Waals surface area contributed by atoms with Gasteiger partial charge in [0.1, 0.15) is 0 Å². The second kappa shape index (κ2) is 12.5. The number of nitrogens with two attached hydrogens (primary N) is 1. The van der Waals surface area contributed by atoms with E-state index in [1.807, 2.05) is 12.1 Å². The van der Waals surface area contributed by atoms with Gasteiger partial charge in [0.25, 0.3) is 0 Å². The number of nitrogens with zero attached hydrogens (tertiary/aromatic N) is 1. The fraction of sp³-hybridized carbons (Fsp3) is 0.318. The van der Waals surface area contributed by atoms with Crippen LogP contribution in [0.2, 0.25) is 5.02 Å². The van der Waals surface area contributed by atoms with E-state index in [0.29, 0.717) is 17.1 Å². The molecular weight excluding hydrogens is 436 g/mol. The van der Waals surface area contributed by atoms with Crippen molar-refractivity contribution in [2.24, 2.45) is 10.9 Å². The van der Waals surface area contributed by atoms with Gasteiger partial charge in [-0.05, 0) is 49.2 Å². The third-order valence-electron chi connectivity index (χ3n) is 4.32. The molecule has 0 heterocycles. The lowest BCUT2D eigenvalue weighted by Gasteiger charge is -2.19. The number of amides is 2. The summed E-state index contributed by atoms with van der Waals surface area (Å²) in [5.41, 5.74) is 8.19. The van der Waals surface area contributed by atoms with Crippen molar-refractivity contribution in [1.82, 2.24) is 5.32 Å². The number of halogens is 1. The zero-order valence-electron chi connectivity index (χ0n) is 17.9. The molecule has 0 aliphatic rings. The van der Waals surface area contributed by atoms with Gasteiger partial charge < -0.3 is 31.0 Å². The zero-order chi connectivity index (χ0) is 23.5. The van der Waals surface area contributed by atoms with Gasteiger partial charge in [0.15, 0.2) is 5.84 Å². The highest BCUT2D eigenvalue weighted by Crippen LogP contribution is 2.15. The van der Waals surface area contributed by atoms with Crippen LogP contribution in [0.3, 0.4) is 0 Å². The van der Waals surface area contributed by atoms with Crippen LogP contribution < -0.4 is 16.4 Å².